The van der Waals surface area contributed by atoms with E-state index in [1.165, 1.54) is 5.38 Å². The summed E-state index contributed by atoms with van der Waals surface area (Å²) in [6.45, 7) is 1.76. The summed E-state index contributed by atoms with van der Waals surface area (Å²) in [6, 6.07) is 0. The molecule has 8 heteroatoms. The second kappa shape index (κ2) is 5.26. The first-order chi connectivity index (χ1) is 7.43. The zero-order valence-electron chi connectivity index (χ0n) is 8.63. The quantitative estimate of drug-likeness (QED) is 0.796. The second-order valence-electron chi connectivity index (χ2n) is 3.14. The molecule has 0 saturated carbocycles. The maximum atomic E-state index is 11.4. The largest absolute Gasteiger partial charge is 0.481 e. The van der Waals surface area contributed by atoms with E-state index in [4.69, 9.17) is 5.11 Å². The number of thiazole rings is 1. The molecule has 1 rings (SSSR count). The lowest BCUT2D eigenvalue weighted by Crippen LogP contribution is -2.16. The lowest BCUT2D eigenvalue weighted by molar-refractivity contribution is -0.136. The van der Waals surface area contributed by atoms with Gasteiger partial charge < -0.3 is 5.11 Å². The Bertz CT molecular complexity index is 466. The zero-order chi connectivity index (χ0) is 12.2. The lowest BCUT2D eigenvalue weighted by Gasteiger charge is -2.01. The minimum atomic E-state index is -3.35. The Morgan fingerprint density at radius 2 is 2.31 bits per heavy atom. The number of nitrogens with one attached hydrogen (secondary N) is 1. The fourth-order valence-corrected chi connectivity index (χ4v) is 3.12. The fraction of sp³-hybridized carbons (Fsp3) is 0.500. The van der Waals surface area contributed by atoms with E-state index in [-0.39, 0.29) is 17.3 Å². The van der Waals surface area contributed by atoms with E-state index in [1.807, 2.05) is 0 Å². The van der Waals surface area contributed by atoms with Crippen molar-refractivity contribution in [3.05, 3.63) is 11.1 Å². The predicted molar refractivity (Wildman–Crippen MR) is 61.2 cm³/mol. The van der Waals surface area contributed by atoms with Gasteiger partial charge in [-0.2, -0.15) is 0 Å². The maximum Gasteiger partial charge on any atom is 0.309 e. The molecular formula is C8H12N2O4S2. The van der Waals surface area contributed by atoms with Gasteiger partial charge in [-0.05, 0) is 6.42 Å². The number of rotatable bonds is 6. The van der Waals surface area contributed by atoms with Crippen LogP contribution in [-0.4, -0.2) is 30.2 Å². The number of aliphatic carboxylic acids is 1. The topological polar surface area (TPSA) is 96.4 Å². The molecule has 0 saturated heterocycles. The van der Waals surface area contributed by atoms with Crippen LogP contribution in [0.15, 0.2) is 5.38 Å². The molecule has 0 radical (unpaired) electrons. The summed E-state index contributed by atoms with van der Waals surface area (Å²) in [7, 11) is -3.35. The Morgan fingerprint density at radius 1 is 1.62 bits per heavy atom. The number of nitrogens with zero attached hydrogens (tertiary/aromatic N) is 1. The highest BCUT2D eigenvalue weighted by molar-refractivity contribution is 7.92. The van der Waals surface area contributed by atoms with Crippen molar-refractivity contribution < 1.29 is 18.3 Å². The first kappa shape index (κ1) is 12.9. The molecule has 0 amide bonds. The average Bonchev–Trinajstić information content (AvgIpc) is 2.49. The number of carboxylic acids is 1. The molecule has 0 fully saturated rings. The lowest BCUT2D eigenvalue weighted by atomic mass is 10.3. The van der Waals surface area contributed by atoms with Crippen molar-refractivity contribution in [2.45, 2.75) is 19.8 Å². The molecule has 6 nitrogen and oxygen atoms in total. The van der Waals surface area contributed by atoms with Gasteiger partial charge in [0, 0.05) is 5.38 Å². The third kappa shape index (κ3) is 4.15. The molecule has 16 heavy (non-hydrogen) atoms. The van der Waals surface area contributed by atoms with E-state index in [9.17, 15) is 13.2 Å². The van der Waals surface area contributed by atoms with Crippen molar-refractivity contribution in [1.29, 1.82) is 0 Å². The SMILES string of the molecule is CCCS(=O)(=O)Nc1nc(CC(=O)O)cs1. The summed E-state index contributed by atoms with van der Waals surface area (Å²) in [5.74, 6) is -0.964. The average molecular weight is 264 g/mol. The maximum absolute atomic E-state index is 11.4. The van der Waals surface area contributed by atoms with Crippen molar-refractivity contribution in [3.8, 4) is 0 Å². The van der Waals surface area contributed by atoms with Crippen LogP contribution >= 0.6 is 11.3 Å². The summed E-state index contributed by atoms with van der Waals surface area (Å²) in [5.41, 5.74) is 0.353. The standard InChI is InChI=1S/C8H12N2O4S2/c1-2-3-16(13,14)10-8-9-6(5-15-8)4-7(11)12/h5H,2-4H2,1H3,(H,9,10)(H,11,12). The molecular weight excluding hydrogens is 252 g/mol. The zero-order valence-corrected chi connectivity index (χ0v) is 10.3. The monoisotopic (exact) mass is 264 g/mol. The Labute approximate surface area is 97.4 Å². The van der Waals surface area contributed by atoms with E-state index in [0.717, 1.165) is 11.3 Å². The Kier molecular flexibility index (Phi) is 4.25. The van der Waals surface area contributed by atoms with Crippen molar-refractivity contribution in [3.63, 3.8) is 0 Å². The summed E-state index contributed by atoms with van der Waals surface area (Å²) >= 11 is 1.08. The van der Waals surface area contributed by atoms with Gasteiger partial charge in [0.15, 0.2) is 5.13 Å². The molecule has 0 aliphatic rings. The molecule has 2 N–H and O–H groups in total. The van der Waals surface area contributed by atoms with Crippen LogP contribution in [0.5, 0.6) is 0 Å². The Hall–Kier alpha value is -1.15. The Morgan fingerprint density at radius 3 is 2.88 bits per heavy atom. The minimum absolute atomic E-state index is 0.0286. The second-order valence-corrected chi connectivity index (χ2v) is 5.84. The molecule has 0 spiro atoms. The molecule has 0 aliphatic heterocycles. The van der Waals surface area contributed by atoms with Gasteiger partial charge in [-0.25, -0.2) is 13.4 Å². The van der Waals surface area contributed by atoms with Gasteiger partial charge in [-0.3, -0.25) is 9.52 Å². The van der Waals surface area contributed by atoms with E-state index >= 15 is 0 Å². The van der Waals surface area contributed by atoms with Crippen LogP contribution in [0.2, 0.25) is 0 Å². The van der Waals surface area contributed by atoms with E-state index in [1.54, 1.807) is 6.92 Å². The highest BCUT2D eigenvalue weighted by atomic mass is 32.2. The number of hydrogen-bond donors (Lipinski definition) is 2. The number of sulfonamides is 1. The molecule has 0 unspecified atom stereocenters. The number of hydrogen-bond acceptors (Lipinski definition) is 5. The van der Waals surface area contributed by atoms with Crippen LogP contribution in [0.1, 0.15) is 19.0 Å². The van der Waals surface area contributed by atoms with Crippen molar-refractivity contribution in [2.24, 2.45) is 0 Å². The van der Waals surface area contributed by atoms with Crippen molar-refractivity contribution >= 4 is 32.5 Å². The van der Waals surface area contributed by atoms with Gasteiger partial charge in [-0.1, -0.05) is 6.92 Å². The third-order valence-electron chi connectivity index (χ3n) is 1.60. The highest BCUT2D eigenvalue weighted by Crippen LogP contribution is 2.17. The summed E-state index contributed by atoms with van der Waals surface area (Å²) in [5, 5.41) is 10.3. The molecule has 1 aromatic rings. The number of carbonyl (C=O) groups is 1. The van der Waals surface area contributed by atoms with Gasteiger partial charge in [0.25, 0.3) is 0 Å². The summed E-state index contributed by atoms with van der Waals surface area (Å²) < 4.78 is 25.0. The molecule has 1 heterocycles. The van der Waals surface area contributed by atoms with Gasteiger partial charge >= 0.3 is 5.97 Å². The van der Waals surface area contributed by atoms with Crippen LogP contribution in [0, 0.1) is 0 Å². The fourth-order valence-electron chi connectivity index (χ4n) is 1.04. The van der Waals surface area contributed by atoms with E-state index < -0.39 is 16.0 Å². The van der Waals surface area contributed by atoms with Crippen LogP contribution in [-0.2, 0) is 21.2 Å². The smallest absolute Gasteiger partial charge is 0.309 e. The van der Waals surface area contributed by atoms with Gasteiger partial charge in [-0.15, -0.1) is 11.3 Å². The molecule has 90 valence electrons. The van der Waals surface area contributed by atoms with Gasteiger partial charge in [0.05, 0.1) is 17.9 Å². The molecule has 0 bridgehead atoms. The van der Waals surface area contributed by atoms with E-state index in [0.29, 0.717) is 12.1 Å². The van der Waals surface area contributed by atoms with Crippen LogP contribution < -0.4 is 4.72 Å². The highest BCUT2D eigenvalue weighted by Gasteiger charge is 2.12. The first-order valence-corrected chi connectivity index (χ1v) is 7.13. The first-order valence-electron chi connectivity index (χ1n) is 4.59. The molecule has 1 aromatic heterocycles. The molecule has 0 aliphatic carbocycles. The van der Waals surface area contributed by atoms with E-state index in [2.05, 4.69) is 9.71 Å². The van der Waals surface area contributed by atoms with Crippen LogP contribution in [0.3, 0.4) is 0 Å². The number of aromatic nitrogens is 1. The van der Waals surface area contributed by atoms with Crippen molar-refractivity contribution in [2.75, 3.05) is 10.5 Å². The summed E-state index contributed by atoms with van der Waals surface area (Å²) in [4.78, 5) is 14.3. The summed E-state index contributed by atoms with van der Waals surface area (Å²) in [6.07, 6.45) is 0.314. The minimum Gasteiger partial charge on any atom is -0.481 e. The molecule has 0 aromatic carbocycles. The van der Waals surface area contributed by atoms with Crippen LogP contribution in [0.25, 0.3) is 0 Å². The van der Waals surface area contributed by atoms with Crippen molar-refractivity contribution in [1.82, 2.24) is 4.98 Å². The van der Waals surface area contributed by atoms with Gasteiger partial charge in [0.2, 0.25) is 10.0 Å². The van der Waals surface area contributed by atoms with Crippen LogP contribution in [0.4, 0.5) is 5.13 Å². The Balaban J connectivity index is 2.69. The predicted octanol–water partition coefficient (Wildman–Crippen LogP) is 0.922. The third-order valence-corrected chi connectivity index (χ3v) is 3.99. The number of anilines is 1. The number of carboxylic acid groups (broad SMARTS) is 1. The molecule has 0 atom stereocenters. The van der Waals surface area contributed by atoms with Gasteiger partial charge in [0.1, 0.15) is 0 Å². The normalized spacial score (nSPS) is 11.3.